The van der Waals surface area contributed by atoms with E-state index >= 15 is 0 Å². The first-order valence-corrected chi connectivity index (χ1v) is 10.7. The molecule has 0 unspecified atom stereocenters. The second kappa shape index (κ2) is 7.86. The zero-order valence-corrected chi connectivity index (χ0v) is 16.8. The molecule has 1 saturated heterocycles. The maximum Gasteiger partial charge on any atom is 0.233 e. The number of hydrogen-bond donors (Lipinski definition) is 5. The summed E-state index contributed by atoms with van der Waals surface area (Å²) in [6.45, 7) is -0.635. The van der Waals surface area contributed by atoms with Gasteiger partial charge in [-0.3, -0.25) is 4.57 Å². The number of aromatic nitrogens is 4. The van der Waals surface area contributed by atoms with E-state index < -0.39 is 28.0 Å². The van der Waals surface area contributed by atoms with Gasteiger partial charge in [-0.05, 0) is 12.1 Å². The number of ether oxygens (including phenoxy) is 1. The number of phenols is 1. The van der Waals surface area contributed by atoms with Gasteiger partial charge in [0, 0.05) is 17.5 Å². The molecule has 0 radical (unpaired) electrons. The highest BCUT2D eigenvalue weighted by molar-refractivity contribution is 7.92. The average Bonchev–Trinajstić information content (AvgIpc) is 3.30. The number of sulfonamides is 1. The second-order valence-corrected chi connectivity index (χ2v) is 8.62. The fraction of sp³-hybridized carbons (Fsp3) is 0.278. The standard InChI is InChI=1S/C18H20N6O6S/c19-16-14-17(21-9-20-16)24(10-22-14)18(27)8-30-13(15(18)26)7-23-31(28,29)6-5-11-3-1-2-4-12(11)25/h1-6,9-10,13,15,23,25-27H,7-8H2,(H2,19,20,21)/b6-5+/t13-,15-,18-/m1/s1. The highest BCUT2D eigenvalue weighted by Crippen LogP contribution is 2.32. The molecule has 0 amide bonds. The zero-order chi connectivity index (χ0) is 22.2. The molecule has 0 bridgehead atoms. The lowest BCUT2D eigenvalue weighted by molar-refractivity contribution is -0.107. The van der Waals surface area contributed by atoms with Gasteiger partial charge in [-0.15, -0.1) is 0 Å². The summed E-state index contributed by atoms with van der Waals surface area (Å²) in [5, 5.41) is 32.3. The van der Waals surface area contributed by atoms with E-state index in [2.05, 4.69) is 19.7 Å². The molecule has 0 saturated carbocycles. The van der Waals surface area contributed by atoms with Gasteiger partial charge in [0.15, 0.2) is 17.2 Å². The number of phenolic OH excluding ortho intramolecular Hbond substituents is 1. The minimum Gasteiger partial charge on any atom is -0.507 e. The van der Waals surface area contributed by atoms with Crippen molar-refractivity contribution in [3.8, 4) is 5.75 Å². The smallest absolute Gasteiger partial charge is 0.233 e. The summed E-state index contributed by atoms with van der Waals surface area (Å²) in [7, 11) is -3.91. The van der Waals surface area contributed by atoms with Gasteiger partial charge in [0.25, 0.3) is 0 Å². The molecule has 0 aliphatic carbocycles. The van der Waals surface area contributed by atoms with E-state index in [4.69, 9.17) is 10.5 Å². The fourth-order valence-corrected chi connectivity index (χ4v) is 4.08. The molecule has 4 rings (SSSR count). The number of nitrogens with one attached hydrogen (secondary N) is 1. The molecular formula is C18H20N6O6S. The van der Waals surface area contributed by atoms with Crippen molar-refractivity contribution in [2.24, 2.45) is 0 Å². The van der Waals surface area contributed by atoms with E-state index in [9.17, 15) is 23.7 Å². The molecule has 13 heteroatoms. The molecule has 1 fully saturated rings. The summed E-state index contributed by atoms with van der Waals surface area (Å²) in [6.07, 6.45) is 1.15. The number of nitrogens with zero attached hydrogens (tertiary/aromatic N) is 4. The van der Waals surface area contributed by atoms with Gasteiger partial charge in [0.05, 0.1) is 12.9 Å². The Labute approximate surface area is 176 Å². The first-order valence-electron chi connectivity index (χ1n) is 9.13. The predicted octanol–water partition coefficient (Wildman–Crippen LogP) is -0.891. The summed E-state index contributed by atoms with van der Waals surface area (Å²) < 4.78 is 33.5. The molecule has 3 aromatic rings. The Morgan fingerprint density at radius 2 is 2.10 bits per heavy atom. The highest BCUT2D eigenvalue weighted by atomic mass is 32.2. The van der Waals surface area contributed by atoms with Crippen molar-refractivity contribution in [2.45, 2.75) is 17.9 Å². The van der Waals surface area contributed by atoms with E-state index in [0.29, 0.717) is 5.56 Å². The van der Waals surface area contributed by atoms with Crippen LogP contribution in [0.1, 0.15) is 5.56 Å². The van der Waals surface area contributed by atoms with Crippen LogP contribution in [0.2, 0.25) is 0 Å². The number of nitrogen functional groups attached to an aromatic ring is 1. The fourth-order valence-electron chi connectivity index (χ4n) is 3.26. The van der Waals surface area contributed by atoms with Gasteiger partial charge >= 0.3 is 0 Å². The maximum atomic E-state index is 12.3. The van der Waals surface area contributed by atoms with Crippen LogP contribution in [-0.4, -0.2) is 68.6 Å². The van der Waals surface area contributed by atoms with E-state index in [-0.39, 0.29) is 35.9 Å². The number of imidazole rings is 1. The van der Waals surface area contributed by atoms with Gasteiger partial charge in [-0.25, -0.2) is 28.1 Å². The summed E-state index contributed by atoms with van der Waals surface area (Å²) in [5.74, 6) is 0.0480. The van der Waals surface area contributed by atoms with Crippen LogP contribution in [0.25, 0.3) is 17.2 Å². The Bertz CT molecular complexity index is 1250. The summed E-state index contributed by atoms with van der Waals surface area (Å²) in [6, 6.07) is 6.25. The van der Waals surface area contributed by atoms with E-state index in [0.717, 1.165) is 5.41 Å². The first-order chi connectivity index (χ1) is 14.7. The number of fused-ring (bicyclic) bond motifs is 1. The van der Waals surface area contributed by atoms with Crippen LogP contribution in [0.5, 0.6) is 5.75 Å². The summed E-state index contributed by atoms with van der Waals surface area (Å²) >= 11 is 0. The van der Waals surface area contributed by atoms with Crippen LogP contribution in [0.4, 0.5) is 5.82 Å². The summed E-state index contributed by atoms with van der Waals surface area (Å²) in [4.78, 5) is 11.9. The van der Waals surface area contributed by atoms with Crippen molar-refractivity contribution in [2.75, 3.05) is 18.9 Å². The predicted molar refractivity (Wildman–Crippen MR) is 110 cm³/mol. The molecule has 1 aliphatic heterocycles. The number of rotatable bonds is 6. The lowest BCUT2D eigenvalue weighted by Crippen LogP contribution is -2.48. The largest absolute Gasteiger partial charge is 0.507 e. The van der Waals surface area contributed by atoms with Crippen molar-refractivity contribution in [1.29, 1.82) is 0 Å². The topological polar surface area (TPSA) is 186 Å². The van der Waals surface area contributed by atoms with Gasteiger partial charge < -0.3 is 25.8 Å². The van der Waals surface area contributed by atoms with Crippen LogP contribution >= 0.6 is 0 Å². The van der Waals surface area contributed by atoms with Gasteiger partial charge in [0.1, 0.15) is 29.8 Å². The Kier molecular flexibility index (Phi) is 5.36. The molecule has 164 valence electrons. The molecule has 2 aromatic heterocycles. The Morgan fingerprint density at radius 3 is 2.87 bits per heavy atom. The van der Waals surface area contributed by atoms with E-state index in [1.165, 1.54) is 29.4 Å². The third-order valence-electron chi connectivity index (χ3n) is 4.96. The van der Waals surface area contributed by atoms with Gasteiger partial charge in [-0.2, -0.15) is 0 Å². The molecule has 3 heterocycles. The quantitative estimate of drug-likeness (QED) is 0.317. The van der Waals surface area contributed by atoms with Crippen molar-refractivity contribution < 1.29 is 28.5 Å². The first kappa shape index (κ1) is 21.1. The number of aliphatic hydroxyl groups excluding tert-OH is 1. The van der Waals surface area contributed by atoms with Gasteiger partial charge in [0.2, 0.25) is 10.0 Å². The van der Waals surface area contributed by atoms with E-state index in [1.54, 1.807) is 18.2 Å². The number of nitrogens with two attached hydrogens (primary N) is 1. The molecular weight excluding hydrogens is 428 g/mol. The molecule has 1 aromatic carbocycles. The highest BCUT2D eigenvalue weighted by Gasteiger charge is 2.50. The van der Waals surface area contributed by atoms with Gasteiger partial charge in [-0.1, -0.05) is 18.2 Å². The SMILES string of the molecule is Nc1ncnc2c1ncn2[C@@]1(O)CO[C@H](CNS(=O)(=O)/C=C/c2ccccc2O)[C@H]1O. The molecule has 1 aliphatic rings. The van der Waals surface area contributed by atoms with Crippen LogP contribution in [-0.2, 0) is 20.5 Å². The van der Waals surface area contributed by atoms with Crippen LogP contribution < -0.4 is 10.5 Å². The van der Waals surface area contributed by atoms with Crippen molar-refractivity contribution >= 4 is 33.1 Å². The lowest BCUT2D eigenvalue weighted by atomic mass is 10.1. The monoisotopic (exact) mass is 448 g/mol. The molecule has 6 N–H and O–H groups in total. The minimum absolute atomic E-state index is 0.0643. The molecule has 0 spiro atoms. The van der Waals surface area contributed by atoms with Crippen LogP contribution in [0.3, 0.4) is 0 Å². The number of para-hydroxylation sites is 1. The molecule has 3 atom stereocenters. The molecule has 12 nitrogen and oxygen atoms in total. The second-order valence-electron chi connectivity index (χ2n) is 6.97. The normalized spacial score (nSPS) is 24.3. The van der Waals surface area contributed by atoms with Crippen LogP contribution in [0.15, 0.2) is 42.3 Å². The maximum absolute atomic E-state index is 12.3. The average molecular weight is 448 g/mol. The summed E-state index contributed by atoms with van der Waals surface area (Å²) in [5.41, 5.74) is 4.59. The third-order valence-corrected chi connectivity index (χ3v) is 6.03. The van der Waals surface area contributed by atoms with Crippen LogP contribution in [0, 0.1) is 0 Å². The Balaban J connectivity index is 1.47. The lowest BCUT2D eigenvalue weighted by Gasteiger charge is -2.27. The number of hydrogen-bond acceptors (Lipinski definition) is 10. The Morgan fingerprint density at radius 1 is 1.32 bits per heavy atom. The zero-order valence-electron chi connectivity index (χ0n) is 16.0. The molecule has 31 heavy (non-hydrogen) atoms. The third kappa shape index (κ3) is 3.96. The number of anilines is 1. The Hall–Kier alpha value is -3.10. The minimum atomic E-state index is -3.91. The van der Waals surface area contributed by atoms with Crippen molar-refractivity contribution in [3.05, 3.63) is 47.9 Å². The van der Waals surface area contributed by atoms with Crippen molar-refractivity contribution in [1.82, 2.24) is 24.2 Å². The number of benzene rings is 1. The van der Waals surface area contributed by atoms with Crippen molar-refractivity contribution in [3.63, 3.8) is 0 Å². The number of aromatic hydroxyl groups is 1. The number of aliphatic hydroxyl groups is 2. The van der Waals surface area contributed by atoms with E-state index in [1.807, 2.05) is 0 Å².